The number of unbranched alkanes of at least 4 members (excludes halogenated alkanes) is 12. The van der Waals surface area contributed by atoms with E-state index in [0.29, 0.717) is 0 Å². The van der Waals surface area contributed by atoms with Gasteiger partial charge in [-0.3, -0.25) is 0 Å². The van der Waals surface area contributed by atoms with Crippen LogP contribution in [0.3, 0.4) is 0 Å². The first-order valence-electron chi connectivity index (χ1n) is 13.7. The van der Waals surface area contributed by atoms with Gasteiger partial charge in [0.05, 0.1) is 24.6 Å². The van der Waals surface area contributed by atoms with Crippen molar-refractivity contribution in [3.05, 3.63) is 48.5 Å². The highest BCUT2D eigenvalue weighted by atomic mass is 16.5. The summed E-state index contributed by atoms with van der Waals surface area (Å²) in [5.41, 5.74) is 1.64. The van der Waals surface area contributed by atoms with Crippen molar-refractivity contribution >= 4 is 11.4 Å². The zero-order chi connectivity index (χ0) is 24.1. The molecule has 0 spiro atoms. The van der Waals surface area contributed by atoms with Gasteiger partial charge in [-0.05, 0) is 61.4 Å². The Morgan fingerprint density at radius 3 is 1.12 bits per heavy atom. The predicted octanol–water partition coefficient (Wildman–Crippen LogP) is 10.4. The molecule has 34 heavy (non-hydrogen) atoms. The van der Waals surface area contributed by atoms with Crippen molar-refractivity contribution in [2.45, 2.75) is 104 Å². The van der Waals surface area contributed by atoms with E-state index in [-0.39, 0.29) is 0 Å². The number of azo groups is 1. The molecule has 2 aromatic rings. The molecule has 4 nitrogen and oxygen atoms in total. The fourth-order valence-corrected chi connectivity index (χ4v) is 3.83. The van der Waals surface area contributed by atoms with Gasteiger partial charge in [0.1, 0.15) is 11.5 Å². The van der Waals surface area contributed by atoms with Crippen molar-refractivity contribution in [1.29, 1.82) is 0 Å². The Kier molecular flexibility index (Phi) is 15.6. The normalized spacial score (nSPS) is 11.2. The molecule has 2 aromatic carbocycles. The summed E-state index contributed by atoms with van der Waals surface area (Å²) in [6.07, 6.45) is 18.1. The van der Waals surface area contributed by atoms with Gasteiger partial charge in [0.15, 0.2) is 0 Å². The van der Waals surface area contributed by atoms with E-state index in [0.717, 1.165) is 48.9 Å². The Morgan fingerprint density at radius 1 is 0.441 bits per heavy atom. The Bertz CT molecular complexity index is 691. The van der Waals surface area contributed by atoms with Gasteiger partial charge in [-0.15, -0.1) is 0 Å². The average molecular weight is 467 g/mol. The summed E-state index contributed by atoms with van der Waals surface area (Å²) in [6, 6.07) is 15.7. The maximum absolute atomic E-state index is 5.85. The van der Waals surface area contributed by atoms with E-state index in [1.807, 2.05) is 48.5 Å². The second kappa shape index (κ2) is 19.0. The highest BCUT2D eigenvalue weighted by Gasteiger charge is 1.98. The first-order chi connectivity index (χ1) is 16.8. The molecule has 0 bridgehead atoms. The first kappa shape index (κ1) is 27.9. The monoisotopic (exact) mass is 466 g/mol. The number of ether oxygens (including phenoxy) is 2. The van der Waals surface area contributed by atoms with Gasteiger partial charge in [0.25, 0.3) is 0 Å². The second-order valence-corrected chi connectivity index (χ2v) is 9.13. The maximum Gasteiger partial charge on any atom is 0.119 e. The van der Waals surface area contributed by atoms with Crippen LogP contribution in [0, 0.1) is 0 Å². The van der Waals surface area contributed by atoms with E-state index < -0.39 is 0 Å². The number of nitrogens with zero attached hydrogens (tertiary/aromatic N) is 2. The van der Waals surface area contributed by atoms with Crippen LogP contribution in [0.25, 0.3) is 0 Å². The molecular formula is C30H46N2O2. The lowest BCUT2D eigenvalue weighted by Gasteiger charge is -2.06. The molecular weight excluding hydrogens is 420 g/mol. The van der Waals surface area contributed by atoms with Crippen molar-refractivity contribution in [2.75, 3.05) is 13.2 Å². The molecule has 0 unspecified atom stereocenters. The average Bonchev–Trinajstić information content (AvgIpc) is 2.87. The van der Waals surface area contributed by atoms with Gasteiger partial charge in [0, 0.05) is 0 Å². The van der Waals surface area contributed by atoms with Crippen LogP contribution in [0.1, 0.15) is 104 Å². The molecule has 0 atom stereocenters. The fourth-order valence-electron chi connectivity index (χ4n) is 3.83. The SMILES string of the molecule is CCCCCCCCCOc1ccc(/N=N/c2ccc(OCCCCCCCCC)cc2)cc1. The van der Waals surface area contributed by atoms with Crippen molar-refractivity contribution in [2.24, 2.45) is 10.2 Å². The van der Waals surface area contributed by atoms with E-state index in [1.165, 1.54) is 77.0 Å². The van der Waals surface area contributed by atoms with Crippen LogP contribution >= 0.6 is 0 Å². The summed E-state index contributed by atoms with van der Waals surface area (Å²) in [5.74, 6) is 1.79. The molecule has 0 saturated carbocycles. The Hall–Kier alpha value is -2.36. The van der Waals surface area contributed by atoms with Crippen LogP contribution in [-0.2, 0) is 0 Å². The van der Waals surface area contributed by atoms with E-state index in [9.17, 15) is 0 Å². The molecule has 0 aromatic heterocycles. The van der Waals surface area contributed by atoms with E-state index in [4.69, 9.17) is 9.47 Å². The molecule has 0 N–H and O–H groups in total. The molecule has 0 heterocycles. The first-order valence-corrected chi connectivity index (χ1v) is 13.7. The molecule has 0 radical (unpaired) electrons. The minimum atomic E-state index is 0.780. The van der Waals surface area contributed by atoms with Gasteiger partial charge < -0.3 is 9.47 Å². The summed E-state index contributed by atoms with van der Waals surface area (Å²) in [7, 11) is 0. The molecule has 4 heteroatoms. The van der Waals surface area contributed by atoms with Crippen molar-refractivity contribution in [3.8, 4) is 11.5 Å². The quantitative estimate of drug-likeness (QED) is 0.144. The topological polar surface area (TPSA) is 43.2 Å². The molecule has 2 rings (SSSR count). The molecule has 0 aliphatic heterocycles. The van der Waals surface area contributed by atoms with Crippen LogP contribution in [-0.4, -0.2) is 13.2 Å². The van der Waals surface area contributed by atoms with Crippen molar-refractivity contribution in [1.82, 2.24) is 0 Å². The predicted molar refractivity (Wildman–Crippen MR) is 144 cm³/mol. The van der Waals surface area contributed by atoms with Gasteiger partial charge >= 0.3 is 0 Å². The van der Waals surface area contributed by atoms with Crippen LogP contribution in [0.2, 0.25) is 0 Å². The number of rotatable bonds is 20. The van der Waals surface area contributed by atoms with Gasteiger partial charge in [-0.25, -0.2) is 0 Å². The highest BCUT2D eigenvalue weighted by molar-refractivity contribution is 5.44. The summed E-state index contributed by atoms with van der Waals surface area (Å²) in [5, 5.41) is 8.68. The van der Waals surface area contributed by atoms with E-state index in [2.05, 4.69) is 24.1 Å². The molecule has 0 aliphatic rings. The van der Waals surface area contributed by atoms with Crippen molar-refractivity contribution in [3.63, 3.8) is 0 Å². The summed E-state index contributed by atoms with van der Waals surface area (Å²) < 4.78 is 11.7. The van der Waals surface area contributed by atoms with Crippen LogP contribution in [0.5, 0.6) is 11.5 Å². The minimum absolute atomic E-state index is 0.780. The van der Waals surface area contributed by atoms with Gasteiger partial charge in [-0.1, -0.05) is 90.9 Å². The lowest BCUT2D eigenvalue weighted by molar-refractivity contribution is 0.304. The lowest BCUT2D eigenvalue weighted by Crippen LogP contribution is -1.97. The van der Waals surface area contributed by atoms with Crippen molar-refractivity contribution < 1.29 is 9.47 Å². The van der Waals surface area contributed by atoms with Crippen LogP contribution < -0.4 is 9.47 Å². The van der Waals surface area contributed by atoms with Crippen LogP contribution in [0.15, 0.2) is 58.8 Å². The molecule has 0 amide bonds. The molecule has 188 valence electrons. The molecule has 0 aliphatic carbocycles. The van der Waals surface area contributed by atoms with E-state index in [1.54, 1.807) is 0 Å². The van der Waals surface area contributed by atoms with Gasteiger partial charge in [0.2, 0.25) is 0 Å². The fraction of sp³-hybridized carbons (Fsp3) is 0.600. The Labute approximate surface area is 208 Å². The lowest BCUT2D eigenvalue weighted by atomic mass is 10.1. The highest BCUT2D eigenvalue weighted by Crippen LogP contribution is 2.23. The third kappa shape index (κ3) is 13.4. The van der Waals surface area contributed by atoms with Crippen LogP contribution in [0.4, 0.5) is 11.4 Å². The number of hydrogen-bond acceptors (Lipinski definition) is 4. The Morgan fingerprint density at radius 2 is 0.765 bits per heavy atom. The maximum atomic E-state index is 5.85. The third-order valence-corrected chi connectivity index (χ3v) is 5.99. The summed E-state index contributed by atoms with van der Waals surface area (Å²) >= 11 is 0. The van der Waals surface area contributed by atoms with E-state index >= 15 is 0 Å². The zero-order valence-corrected chi connectivity index (χ0v) is 21.6. The summed E-state index contributed by atoms with van der Waals surface area (Å²) in [6.45, 7) is 6.07. The smallest absolute Gasteiger partial charge is 0.119 e. The molecule has 0 saturated heterocycles. The largest absolute Gasteiger partial charge is 0.494 e. The summed E-state index contributed by atoms with van der Waals surface area (Å²) in [4.78, 5) is 0. The molecule has 0 fully saturated rings. The number of hydrogen-bond donors (Lipinski definition) is 0. The number of benzene rings is 2. The standard InChI is InChI=1S/C30H46N2O2/c1-3-5-7-9-11-13-15-25-33-29-21-17-27(18-22-29)31-32-28-19-23-30(24-20-28)34-26-16-14-12-10-8-6-4-2/h17-24H,3-16,25-26H2,1-2H3/b32-31+. The zero-order valence-electron chi connectivity index (χ0n) is 21.6. The second-order valence-electron chi connectivity index (χ2n) is 9.13. The van der Waals surface area contributed by atoms with Gasteiger partial charge in [-0.2, -0.15) is 10.2 Å². The Balaban J connectivity index is 1.60. The minimum Gasteiger partial charge on any atom is -0.494 e. The third-order valence-electron chi connectivity index (χ3n) is 5.99.